The maximum atomic E-state index is 12.7. The quantitative estimate of drug-likeness (QED) is 0.616. The van der Waals surface area contributed by atoms with Crippen LogP contribution < -0.4 is 10.6 Å². The summed E-state index contributed by atoms with van der Waals surface area (Å²) in [6, 6.07) is 8.76. The lowest BCUT2D eigenvalue weighted by molar-refractivity contribution is -0.135. The van der Waals surface area contributed by atoms with Crippen molar-refractivity contribution in [3.05, 3.63) is 53.3 Å². The van der Waals surface area contributed by atoms with Gasteiger partial charge in [0.2, 0.25) is 0 Å². The summed E-state index contributed by atoms with van der Waals surface area (Å²) >= 11 is 0.965. The van der Waals surface area contributed by atoms with Gasteiger partial charge in [-0.1, -0.05) is 18.2 Å². The van der Waals surface area contributed by atoms with Crippen LogP contribution >= 0.6 is 11.8 Å². The first kappa shape index (κ1) is 17.4. The van der Waals surface area contributed by atoms with Crippen molar-refractivity contribution in [2.75, 3.05) is 12.0 Å². The molecule has 132 valence electrons. The number of para-hydroxylation sites is 1. The topological polar surface area (TPSA) is 131 Å². The van der Waals surface area contributed by atoms with Crippen molar-refractivity contribution in [1.82, 2.24) is 9.97 Å². The van der Waals surface area contributed by atoms with E-state index in [0.29, 0.717) is 5.69 Å². The van der Waals surface area contributed by atoms with Gasteiger partial charge in [0.15, 0.2) is 16.7 Å². The number of nitrogens with one attached hydrogen (secondary N) is 1. The molecule has 1 aromatic heterocycles. The number of imidazole rings is 1. The number of ether oxygens (including phenoxy) is 1. The smallest absolute Gasteiger partial charge is 0.331 e. The number of anilines is 1. The highest BCUT2D eigenvalue weighted by Crippen LogP contribution is 2.36. The Kier molecular flexibility index (Phi) is 4.85. The van der Waals surface area contributed by atoms with E-state index in [0.717, 1.165) is 17.8 Å². The second-order valence-corrected chi connectivity index (χ2v) is 5.98. The van der Waals surface area contributed by atoms with Gasteiger partial charge in [0.1, 0.15) is 0 Å². The predicted molar refractivity (Wildman–Crippen MR) is 95.8 cm³/mol. The number of esters is 1. The van der Waals surface area contributed by atoms with Gasteiger partial charge < -0.3 is 15.5 Å². The molecule has 0 radical (unpaired) electrons. The fraction of sp³-hybridized carbons (Fsp3) is 0.0625. The molecule has 3 rings (SSSR count). The number of methoxy groups -OCH3 is 1. The number of H-pyrrole nitrogens is 1. The van der Waals surface area contributed by atoms with Crippen molar-refractivity contribution in [2.24, 2.45) is 10.7 Å². The average Bonchev–Trinajstić information content (AvgIpc) is 3.21. The summed E-state index contributed by atoms with van der Waals surface area (Å²) in [6.45, 7) is 0. The third kappa shape index (κ3) is 3.35. The number of nitrogens with two attached hydrogens (primary N) is 1. The molecule has 0 atom stereocenters. The maximum Gasteiger partial charge on any atom is 0.331 e. The number of primary amides is 1. The van der Waals surface area contributed by atoms with Gasteiger partial charge in [-0.2, -0.15) is 0 Å². The molecule has 1 aliphatic heterocycles. The van der Waals surface area contributed by atoms with Gasteiger partial charge in [0, 0.05) is 6.08 Å². The van der Waals surface area contributed by atoms with Crippen molar-refractivity contribution in [3.63, 3.8) is 0 Å². The molecule has 1 saturated heterocycles. The molecule has 0 saturated carbocycles. The number of aromatic amines is 1. The number of carbonyl (C=O) groups excluding carboxylic acids is 3. The number of amidine groups is 1. The Morgan fingerprint density at radius 3 is 2.73 bits per heavy atom. The minimum Gasteiger partial charge on any atom is -0.466 e. The maximum absolute atomic E-state index is 12.7. The fourth-order valence-electron chi connectivity index (χ4n) is 2.16. The van der Waals surface area contributed by atoms with Crippen molar-refractivity contribution in [2.45, 2.75) is 0 Å². The van der Waals surface area contributed by atoms with E-state index in [4.69, 9.17) is 5.73 Å². The number of hydrogen-bond acceptors (Lipinski definition) is 7. The molecule has 2 aromatic rings. The number of aliphatic imine (C=N–C) groups is 1. The molecule has 9 nitrogen and oxygen atoms in total. The number of aromatic nitrogens is 2. The van der Waals surface area contributed by atoms with E-state index < -0.39 is 17.8 Å². The molecule has 2 amide bonds. The zero-order chi connectivity index (χ0) is 18.7. The molecular weight excluding hydrogens is 358 g/mol. The normalized spacial score (nSPS) is 17.1. The summed E-state index contributed by atoms with van der Waals surface area (Å²) in [5.74, 6) is -1.78. The first-order valence-corrected chi connectivity index (χ1v) is 8.11. The Hall–Kier alpha value is -3.40. The highest BCUT2D eigenvalue weighted by Gasteiger charge is 2.35. The standard InChI is InChI=1S/C16H13N5O4S/c1-25-11(22)7-10-15(24)21(9-5-3-2-4-6-9)16(26-10)20-14-12(13(17)23)18-8-19-14/h2-8H,1H3,(H2,17,23)(H,18,19). The van der Waals surface area contributed by atoms with Crippen LogP contribution in [0.5, 0.6) is 0 Å². The van der Waals surface area contributed by atoms with E-state index in [1.165, 1.54) is 18.3 Å². The molecule has 2 heterocycles. The summed E-state index contributed by atoms with van der Waals surface area (Å²) in [5, 5.41) is 0.228. The molecule has 10 heteroatoms. The molecular formula is C16H13N5O4S. The number of carbonyl (C=O) groups is 3. The van der Waals surface area contributed by atoms with Gasteiger partial charge >= 0.3 is 5.97 Å². The van der Waals surface area contributed by atoms with Crippen LogP contribution in [0.4, 0.5) is 11.5 Å². The van der Waals surface area contributed by atoms with Gasteiger partial charge in [-0.05, 0) is 23.9 Å². The van der Waals surface area contributed by atoms with Crippen LogP contribution in [0.15, 0.2) is 52.6 Å². The number of benzene rings is 1. The number of thioether (sulfide) groups is 1. The Bertz CT molecular complexity index is 935. The third-order valence-corrected chi connectivity index (χ3v) is 4.31. The Balaban J connectivity index is 2.08. The molecule has 1 fully saturated rings. The summed E-state index contributed by atoms with van der Waals surface area (Å²) in [5.41, 5.74) is 5.84. The SMILES string of the molecule is COC(=O)C=C1SC(=Nc2nc[nH]c2C(N)=O)N(c2ccccc2)C1=O. The van der Waals surface area contributed by atoms with Crippen LogP contribution in [0.3, 0.4) is 0 Å². The summed E-state index contributed by atoms with van der Waals surface area (Å²) in [7, 11) is 1.22. The van der Waals surface area contributed by atoms with Crippen LogP contribution in [-0.4, -0.2) is 40.0 Å². The Morgan fingerprint density at radius 1 is 1.35 bits per heavy atom. The van der Waals surface area contributed by atoms with Gasteiger partial charge in [0.05, 0.1) is 24.0 Å². The van der Waals surface area contributed by atoms with Crippen molar-refractivity contribution in [1.29, 1.82) is 0 Å². The lowest BCUT2D eigenvalue weighted by Crippen LogP contribution is -2.28. The third-order valence-electron chi connectivity index (χ3n) is 3.34. The summed E-state index contributed by atoms with van der Waals surface area (Å²) in [6.07, 6.45) is 2.37. The highest BCUT2D eigenvalue weighted by atomic mass is 32.2. The van der Waals surface area contributed by atoms with Crippen LogP contribution in [0, 0.1) is 0 Å². The zero-order valence-electron chi connectivity index (χ0n) is 13.5. The summed E-state index contributed by atoms with van der Waals surface area (Å²) in [4.78, 5) is 48.0. The first-order chi connectivity index (χ1) is 12.5. The molecule has 1 aromatic carbocycles. The van der Waals surface area contributed by atoms with Crippen LogP contribution in [0.2, 0.25) is 0 Å². The second kappa shape index (κ2) is 7.23. The van der Waals surface area contributed by atoms with Gasteiger partial charge in [-0.3, -0.25) is 14.5 Å². The lowest BCUT2D eigenvalue weighted by atomic mass is 10.3. The van der Waals surface area contributed by atoms with Crippen molar-refractivity contribution < 1.29 is 19.1 Å². The minimum atomic E-state index is -0.729. The number of amides is 2. The second-order valence-electron chi connectivity index (χ2n) is 4.97. The Morgan fingerprint density at radius 2 is 2.08 bits per heavy atom. The largest absolute Gasteiger partial charge is 0.466 e. The van der Waals surface area contributed by atoms with E-state index >= 15 is 0 Å². The molecule has 0 bridgehead atoms. The van der Waals surface area contributed by atoms with E-state index in [2.05, 4.69) is 19.7 Å². The summed E-state index contributed by atoms with van der Waals surface area (Å²) < 4.78 is 4.58. The number of nitrogens with zero attached hydrogens (tertiary/aromatic N) is 3. The average molecular weight is 371 g/mol. The Labute approximate surface area is 151 Å². The van der Waals surface area contributed by atoms with E-state index in [-0.39, 0.29) is 21.6 Å². The monoisotopic (exact) mass is 371 g/mol. The molecule has 0 spiro atoms. The first-order valence-electron chi connectivity index (χ1n) is 7.30. The highest BCUT2D eigenvalue weighted by molar-refractivity contribution is 8.19. The zero-order valence-corrected chi connectivity index (χ0v) is 14.3. The number of rotatable bonds is 4. The van der Waals surface area contributed by atoms with E-state index in [1.807, 2.05) is 0 Å². The van der Waals surface area contributed by atoms with Crippen molar-refractivity contribution >= 4 is 46.2 Å². The lowest BCUT2D eigenvalue weighted by Gasteiger charge is -2.15. The van der Waals surface area contributed by atoms with Gasteiger partial charge in [0.25, 0.3) is 11.8 Å². The molecule has 0 aliphatic carbocycles. The molecule has 3 N–H and O–H groups in total. The van der Waals surface area contributed by atoms with E-state index in [1.54, 1.807) is 30.3 Å². The minimum absolute atomic E-state index is 0.0176. The van der Waals surface area contributed by atoms with Crippen LogP contribution in [0.1, 0.15) is 10.5 Å². The van der Waals surface area contributed by atoms with Gasteiger partial charge in [-0.15, -0.1) is 0 Å². The van der Waals surface area contributed by atoms with Crippen LogP contribution in [-0.2, 0) is 14.3 Å². The van der Waals surface area contributed by atoms with E-state index in [9.17, 15) is 14.4 Å². The predicted octanol–water partition coefficient (Wildman–Crippen LogP) is 1.33. The molecule has 1 aliphatic rings. The molecule has 0 unspecified atom stereocenters. The fourth-order valence-corrected chi connectivity index (χ4v) is 3.11. The van der Waals surface area contributed by atoms with Gasteiger partial charge in [-0.25, -0.2) is 14.8 Å². The number of hydrogen-bond donors (Lipinski definition) is 2. The van der Waals surface area contributed by atoms with Crippen molar-refractivity contribution in [3.8, 4) is 0 Å². The molecule has 26 heavy (non-hydrogen) atoms. The van der Waals surface area contributed by atoms with Crippen LogP contribution in [0.25, 0.3) is 0 Å².